The van der Waals surface area contributed by atoms with E-state index in [9.17, 15) is 14.4 Å². The maximum absolute atomic E-state index is 13.4. The van der Waals surface area contributed by atoms with Crippen molar-refractivity contribution in [1.29, 1.82) is 0 Å². The van der Waals surface area contributed by atoms with E-state index in [1.54, 1.807) is 54.7 Å². The third-order valence-electron chi connectivity index (χ3n) is 6.31. The molecule has 0 fully saturated rings. The Morgan fingerprint density at radius 3 is 2.28 bits per heavy atom. The van der Waals surface area contributed by atoms with Gasteiger partial charge in [0.25, 0.3) is 5.56 Å². The number of aromatic nitrogens is 1. The summed E-state index contributed by atoms with van der Waals surface area (Å²) in [6.07, 6.45) is 1.56. The Labute approximate surface area is 236 Å². The lowest BCUT2D eigenvalue weighted by atomic mass is 9.96. The molecule has 0 radical (unpaired) electrons. The second-order valence-electron chi connectivity index (χ2n) is 8.52. The Kier molecular flexibility index (Phi) is 8.45. The molecule has 4 rings (SSSR count). The summed E-state index contributed by atoms with van der Waals surface area (Å²) in [5.74, 6) is -1.16. The quantitative estimate of drug-likeness (QED) is 0.182. The molecule has 0 bridgehead atoms. The summed E-state index contributed by atoms with van der Waals surface area (Å²) in [6, 6.07) is 21.1. The smallest absolute Gasteiger partial charge is 0.259 e. The fourth-order valence-corrected chi connectivity index (χ4v) is 5.72. The maximum atomic E-state index is 13.4. The summed E-state index contributed by atoms with van der Waals surface area (Å²) >= 11 is 4.69. The number of anilines is 1. The first-order valence-electron chi connectivity index (χ1n) is 11.4. The van der Waals surface area contributed by atoms with Gasteiger partial charge in [0, 0.05) is 31.5 Å². The first-order valence-corrected chi connectivity index (χ1v) is 14.4. The Morgan fingerprint density at radius 1 is 0.889 bits per heavy atom. The number of benzene rings is 3. The molecule has 184 valence electrons. The second kappa shape index (κ2) is 11.5. The number of pyridine rings is 1. The van der Waals surface area contributed by atoms with E-state index in [1.165, 1.54) is 15.7 Å². The Balaban J connectivity index is 1.68. The Morgan fingerprint density at radius 2 is 1.61 bits per heavy atom. The third-order valence-corrected chi connectivity index (χ3v) is 7.95. The number of nitrogens with one attached hydrogen (secondary N) is 1. The van der Waals surface area contributed by atoms with Gasteiger partial charge in [-0.2, -0.15) is 0 Å². The summed E-state index contributed by atoms with van der Waals surface area (Å²) in [5, 5.41) is 3.99. The van der Waals surface area contributed by atoms with Gasteiger partial charge in [-0.3, -0.25) is 19.0 Å². The lowest BCUT2D eigenvalue weighted by Crippen LogP contribution is -2.34. The molecule has 0 saturated heterocycles. The van der Waals surface area contributed by atoms with Crippen LogP contribution in [0, 0.1) is 0 Å². The van der Waals surface area contributed by atoms with Gasteiger partial charge >= 0.3 is 0 Å². The van der Waals surface area contributed by atoms with Gasteiger partial charge in [0.2, 0.25) is 11.8 Å². The van der Waals surface area contributed by atoms with Gasteiger partial charge < -0.3 is 11.1 Å². The first kappa shape index (κ1) is 26.3. The molecule has 36 heavy (non-hydrogen) atoms. The van der Waals surface area contributed by atoms with Crippen molar-refractivity contribution in [3.05, 3.63) is 112 Å². The van der Waals surface area contributed by atoms with Crippen LogP contribution in [-0.2, 0) is 18.4 Å². The van der Waals surface area contributed by atoms with E-state index >= 15 is 0 Å². The van der Waals surface area contributed by atoms with E-state index in [2.05, 4.69) is 62.6 Å². The van der Waals surface area contributed by atoms with Crippen LogP contribution >= 0.6 is 45.2 Å². The molecule has 1 heterocycles. The van der Waals surface area contributed by atoms with Crippen LogP contribution in [0.15, 0.2) is 83.8 Å². The van der Waals surface area contributed by atoms with E-state index < -0.39 is 11.9 Å². The van der Waals surface area contributed by atoms with Gasteiger partial charge in [0.05, 0.1) is 5.92 Å². The number of nitrogens with zero attached hydrogens (tertiary/aromatic N) is 1. The van der Waals surface area contributed by atoms with E-state index in [0.29, 0.717) is 22.0 Å². The highest BCUT2D eigenvalue weighted by molar-refractivity contribution is 14.1. The van der Waals surface area contributed by atoms with Crippen molar-refractivity contribution in [3.8, 4) is 0 Å². The highest BCUT2D eigenvalue weighted by Gasteiger charge is 2.23. The van der Waals surface area contributed by atoms with Crippen LogP contribution in [0.4, 0.5) is 5.69 Å². The van der Waals surface area contributed by atoms with Crippen LogP contribution in [0.1, 0.15) is 41.1 Å². The number of carbonyl (C=O) groups is 2. The van der Waals surface area contributed by atoms with Crippen molar-refractivity contribution in [2.24, 2.45) is 5.73 Å². The number of carbonyl (C=O) groups excluding carboxylic acids is 2. The van der Waals surface area contributed by atoms with Crippen LogP contribution in [0.2, 0.25) is 0 Å². The number of nitrogens with two attached hydrogens (primary N) is 1. The van der Waals surface area contributed by atoms with E-state index in [0.717, 1.165) is 14.4 Å². The fourth-order valence-electron chi connectivity index (χ4n) is 4.26. The lowest BCUT2D eigenvalue weighted by Gasteiger charge is -2.19. The standard InChI is InChI=1S/C28H25I2N3O3/c1-17(19-10-11-20(15-29)21(14-19)16-30)27(35)32-24-9-5-8-23-22(24)12-13-33(28(23)36)25(26(31)34)18-6-3-2-4-7-18/h2-14,17,25H,15-16H2,1H3,(H2,31,34)(H,32,35)/t17-,25+/m0/s1. The average molecular weight is 705 g/mol. The van der Waals surface area contributed by atoms with Crippen molar-refractivity contribution in [2.75, 3.05) is 5.32 Å². The molecular weight excluding hydrogens is 680 g/mol. The van der Waals surface area contributed by atoms with Crippen LogP contribution in [0.25, 0.3) is 10.8 Å². The van der Waals surface area contributed by atoms with Crippen molar-refractivity contribution >= 4 is 73.5 Å². The van der Waals surface area contributed by atoms with Crippen molar-refractivity contribution in [1.82, 2.24) is 4.57 Å². The number of rotatable bonds is 8. The largest absolute Gasteiger partial charge is 0.368 e. The molecule has 1 aromatic heterocycles. The second-order valence-corrected chi connectivity index (χ2v) is 10.0. The zero-order chi connectivity index (χ0) is 25.8. The van der Waals surface area contributed by atoms with Gasteiger partial charge in [-0.25, -0.2) is 0 Å². The zero-order valence-electron chi connectivity index (χ0n) is 19.6. The minimum atomic E-state index is -0.931. The summed E-state index contributed by atoms with van der Waals surface area (Å²) < 4.78 is 3.14. The number of halogens is 2. The number of hydrogen-bond acceptors (Lipinski definition) is 3. The normalized spacial score (nSPS) is 12.8. The summed E-state index contributed by atoms with van der Waals surface area (Å²) in [5.41, 5.74) is 9.95. The first-order chi connectivity index (χ1) is 17.3. The number of primary amides is 1. The minimum absolute atomic E-state index is 0.160. The molecule has 3 aromatic carbocycles. The molecule has 0 spiro atoms. The van der Waals surface area contributed by atoms with E-state index in [-0.39, 0.29) is 17.4 Å². The van der Waals surface area contributed by atoms with Gasteiger partial charge in [0.1, 0.15) is 6.04 Å². The number of alkyl halides is 2. The summed E-state index contributed by atoms with van der Waals surface area (Å²) in [7, 11) is 0. The van der Waals surface area contributed by atoms with Crippen LogP contribution in [0.5, 0.6) is 0 Å². The Hall–Kier alpha value is -2.73. The van der Waals surface area contributed by atoms with E-state index in [4.69, 9.17) is 5.73 Å². The highest BCUT2D eigenvalue weighted by atomic mass is 127. The van der Waals surface area contributed by atoms with Crippen LogP contribution in [-0.4, -0.2) is 16.4 Å². The van der Waals surface area contributed by atoms with Gasteiger partial charge in [-0.15, -0.1) is 0 Å². The molecule has 0 saturated carbocycles. The van der Waals surface area contributed by atoms with Crippen LogP contribution < -0.4 is 16.6 Å². The minimum Gasteiger partial charge on any atom is -0.368 e. The topological polar surface area (TPSA) is 94.2 Å². The predicted molar refractivity (Wildman–Crippen MR) is 161 cm³/mol. The predicted octanol–water partition coefficient (Wildman–Crippen LogP) is 5.69. The number of fused-ring (bicyclic) bond motifs is 1. The van der Waals surface area contributed by atoms with E-state index in [1.807, 2.05) is 19.1 Å². The summed E-state index contributed by atoms with van der Waals surface area (Å²) in [4.78, 5) is 38.9. The molecule has 6 nitrogen and oxygen atoms in total. The van der Waals surface area contributed by atoms with Gasteiger partial charge in [0.15, 0.2) is 0 Å². The molecule has 3 N–H and O–H groups in total. The zero-order valence-corrected chi connectivity index (χ0v) is 23.9. The van der Waals surface area contributed by atoms with Gasteiger partial charge in [-0.1, -0.05) is 99.8 Å². The number of hydrogen-bond donors (Lipinski definition) is 2. The molecule has 2 atom stereocenters. The third kappa shape index (κ3) is 5.34. The Bertz CT molecular complexity index is 1480. The maximum Gasteiger partial charge on any atom is 0.259 e. The SMILES string of the molecule is C[C@H](C(=O)Nc1cccc2c(=O)n([C@@H](C(N)=O)c3ccccc3)ccc12)c1ccc(CI)c(CI)c1. The van der Waals surface area contributed by atoms with Crippen LogP contribution in [0.3, 0.4) is 0 Å². The van der Waals surface area contributed by atoms with Gasteiger partial charge in [-0.05, 0) is 47.4 Å². The number of amides is 2. The molecule has 0 unspecified atom stereocenters. The molecule has 0 aliphatic heterocycles. The fraction of sp³-hybridized carbons (Fsp3) is 0.179. The van der Waals surface area contributed by atoms with Crippen molar-refractivity contribution < 1.29 is 9.59 Å². The lowest BCUT2D eigenvalue weighted by molar-refractivity contribution is -0.120. The molecule has 0 aliphatic carbocycles. The molecule has 8 heteroatoms. The molecule has 4 aromatic rings. The summed E-state index contributed by atoms with van der Waals surface area (Å²) in [6.45, 7) is 1.88. The molecule has 0 aliphatic rings. The van der Waals surface area contributed by atoms with Crippen molar-refractivity contribution in [3.63, 3.8) is 0 Å². The monoisotopic (exact) mass is 705 g/mol. The highest BCUT2D eigenvalue weighted by Crippen LogP contribution is 2.27. The molecule has 2 amide bonds. The average Bonchev–Trinajstić information content (AvgIpc) is 2.90. The van der Waals surface area contributed by atoms with Crippen molar-refractivity contribution in [2.45, 2.75) is 27.7 Å². The molecular formula is C28H25I2N3O3.